The zero-order valence-electron chi connectivity index (χ0n) is 24.9. The Morgan fingerprint density at radius 3 is 2.55 bits per heavy atom. The summed E-state index contributed by atoms with van der Waals surface area (Å²) in [5, 5.41) is 7.32. The zero-order valence-corrected chi connectivity index (χ0v) is 24.9. The number of alkyl halides is 4. The molecular weight excluding hydrogens is 580 g/mol. The molecule has 3 aliphatic rings. The topological polar surface area (TPSA) is 109 Å². The fourth-order valence-electron chi connectivity index (χ4n) is 5.88. The highest BCUT2D eigenvalue weighted by molar-refractivity contribution is 6.02. The molecule has 2 aromatic rings. The van der Waals surface area contributed by atoms with E-state index in [0.717, 1.165) is 11.6 Å². The number of hydrogen-bond donors (Lipinski definition) is 2. The molecular formula is C31H38F4N6O3. The van der Waals surface area contributed by atoms with Gasteiger partial charge in [-0.15, -0.1) is 0 Å². The first-order valence-electron chi connectivity index (χ1n) is 14.8. The van der Waals surface area contributed by atoms with E-state index in [1.807, 2.05) is 4.90 Å². The van der Waals surface area contributed by atoms with Crippen LogP contribution < -0.4 is 11.1 Å². The van der Waals surface area contributed by atoms with Crippen molar-refractivity contribution in [1.82, 2.24) is 20.3 Å². The molecule has 4 heterocycles. The van der Waals surface area contributed by atoms with Gasteiger partial charge >= 0.3 is 6.18 Å². The van der Waals surface area contributed by atoms with E-state index in [1.54, 1.807) is 24.8 Å². The molecule has 1 amide bonds. The quantitative estimate of drug-likeness (QED) is 0.157. The summed E-state index contributed by atoms with van der Waals surface area (Å²) < 4.78 is 64.3. The first-order chi connectivity index (χ1) is 20.9. The molecule has 2 saturated heterocycles. The Morgan fingerprint density at radius 2 is 1.89 bits per heavy atom. The Balaban J connectivity index is 1.35. The minimum Gasteiger partial charge on any atom is -0.382 e. The Morgan fingerprint density at radius 1 is 1.14 bits per heavy atom. The number of nitrogens with two attached hydrogens (primary N) is 1. The van der Waals surface area contributed by atoms with Crippen LogP contribution in [0.2, 0.25) is 0 Å². The van der Waals surface area contributed by atoms with Gasteiger partial charge in [0.25, 0.3) is 5.91 Å². The van der Waals surface area contributed by atoms with Gasteiger partial charge in [0.1, 0.15) is 23.3 Å². The molecule has 3 N–H and O–H groups in total. The second-order valence-electron chi connectivity index (χ2n) is 11.6. The van der Waals surface area contributed by atoms with Crippen LogP contribution in [0.25, 0.3) is 0 Å². The predicted octanol–water partition coefficient (Wildman–Crippen LogP) is 4.26. The van der Waals surface area contributed by atoms with Crippen LogP contribution in [0.1, 0.15) is 54.3 Å². The second-order valence-corrected chi connectivity index (χ2v) is 11.6. The van der Waals surface area contributed by atoms with Gasteiger partial charge in [-0.25, -0.2) is 9.38 Å². The maximum atomic E-state index is 14.3. The third kappa shape index (κ3) is 7.15. The highest BCUT2D eigenvalue weighted by Gasteiger charge is 2.33. The van der Waals surface area contributed by atoms with Gasteiger partial charge in [-0.1, -0.05) is 17.8 Å². The minimum atomic E-state index is -4.41. The lowest BCUT2D eigenvalue weighted by Gasteiger charge is -2.37. The highest BCUT2D eigenvalue weighted by atomic mass is 19.4. The number of piperidine rings is 1. The van der Waals surface area contributed by atoms with E-state index in [9.17, 15) is 22.4 Å². The maximum absolute atomic E-state index is 14.3. The average Bonchev–Trinajstić information content (AvgIpc) is 3.45. The number of hydrogen-bond acceptors (Lipinski definition) is 7. The molecule has 0 bridgehead atoms. The number of carbonyl (C=O) groups excluding carboxylic acids is 1. The fraction of sp³-hybridized carbons (Fsp3) is 0.516. The SMILES string of the molecule is C=C(/C(C)=C(\N=C(/N)c1cc(C)on1)C(=O)N1CCC(N[C@@H]2CCOC[C@@H]2F)CC1)N1CCc2cc(C(F)(F)F)ccc2C1. The van der Waals surface area contributed by atoms with E-state index < -0.39 is 17.9 Å². The molecule has 0 aliphatic carbocycles. The number of benzene rings is 1. The summed E-state index contributed by atoms with van der Waals surface area (Å²) in [6.45, 7) is 9.96. The third-order valence-corrected chi connectivity index (χ3v) is 8.56. The lowest BCUT2D eigenvalue weighted by atomic mass is 9.96. The van der Waals surface area contributed by atoms with Gasteiger partial charge in [-0.05, 0) is 62.8 Å². The largest absolute Gasteiger partial charge is 0.416 e. The highest BCUT2D eigenvalue weighted by Crippen LogP contribution is 2.33. The molecule has 0 unspecified atom stereocenters. The molecule has 13 heteroatoms. The molecule has 5 rings (SSSR count). The van der Waals surface area contributed by atoms with Crippen molar-refractivity contribution in [2.75, 3.05) is 32.8 Å². The van der Waals surface area contributed by atoms with Gasteiger partial charge in [-0.3, -0.25) is 4.79 Å². The lowest BCUT2D eigenvalue weighted by molar-refractivity contribution is -0.137. The summed E-state index contributed by atoms with van der Waals surface area (Å²) in [6, 6.07) is 5.21. The van der Waals surface area contributed by atoms with Crippen LogP contribution in [0.5, 0.6) is 0 Å². The number of aryl methyl sites for hydroxylation is 1. The molecule has 0 spiro atoms. The predicted molar refractivity (Wildman–Crippen MR) is 156 cm³/mol. The smallest absolute Gasteiger partial charge is 0.382 e. The number of fused-ring (bicyclic) bond motifs is 1. The minimum absolute atomic E-state index is 0.00563. The van der Waals surface area contributed by atoms with Gasteiger partial charge in [-0.2, -0.15) is 13.2 Å². The van der Waals surface area contributed by atoms with Crippen molar-refractivity contribution in [3.63, 3.8) is 0 Å². The van der Waals surface area contributed by atoms with Crippen LogP contribution in [0, 0.1) is 6.92 Å². The van der Waals surface area contributed by atoms with Crippen molar-refractivity contribution < 1.29 is 31.6 Å². The molecule has 44 heavy (non-hydrogen) atoms. The summed E-state index contributed by atoms with van der Waals surface area (Å²) in [6.07, 6.45) is -3.17. The Hall–Kier alpha value is -3.71. The van der Waals surface area contributed by atoms with Crippen LogP contribution in [0.15, 0.2) is 57.3 Å². The monoisotopic (exact) mass is 618 g/mol. The van der Waals surface area contributed by atoms with E-state index in [1.165, 1.54) is 12.1 Å². The molecule has 1 aromatic carbocycles. The number of likely N-dealkylation sites (tertiary alicyclic amines) is 1. The number of amidine groups is 1. The Labute approximate surface area is 253 Å². The van der Waals surface area contributed by atoms with E-state index in [-0.39, 0.29) is 36.1 Å². The summed E-state index contributed by atoms with van der Waals surface area (Å²) in [4.78, 5) is 22.1. The summed E-state index contributed by atoms with van der Waals surface area (Å²) in [5.74, 6) is 0.212. The lowest BCUT2D eigenvalue weighted by Crippen LogP contribution is -2.52. The number of nitrogens with zero attached hydrogens (tertiary/aromatic N) is 4. The first kappa shape index (κ1) is 31.7. The van der Waals surface area contributed by atoms with E-state index in [4.69, 9.17) is 15.0 Å². The van der Waals surface area contributed by atoms with Crippen molar-refractivity contribution >= 4 is 11.7 Å². The molecule has 1 aromatic heterocycles. The molecule has 0 radical (unpaired) electrons. The zero-order chi connectivity index (χ0) is 31.6. The molecule has 3 aliphatic heterocycles. The number of amides is 1. The van der Waals surface area contributed by atoms with Crippen molar-refractivity contribution in [1.29, 1.82) is 0 Å². The third-order valence-electron chi connectivity index (χ3n) is 8.56. The van der Waals surface area contributed by atoms with Gasteiger partial charge in [0.15, 0.2) is 5.84 Å². The Kier molecular flexibility index (Phi) is 9.45. The summed E-state index contributed by atoms with van der Waals surface area (Å²) in [5.41, 5.74) is 8.43. The number of ether oxygens (including phenoxy) is 1. The average molecular weight is 619 g/mol. The number of halogens is 4. The van der Waals surface area contributed by atoms with E-state index in [0.29, 0.717) is 86.8 Å². The van der Waals surface area contributed by atoms with Crippen LogP contribution in [0.4, 0.5) is 17.6 Å². The number of carbonyl (C=O) groups is 1. The molecule has 2 fully saturated rings. The molecule has 0 saturated carbocycles. The van der Waals surface area contributed by atoms with Gasteiger partial charge in [0, 0.05) is 62.2 Å². The summed E-state index contributed by atoms with van der Waals surface area (Å²) >= 11 is 0. The number of aliphatic imine (C=N–C) groups is 1. The van der Waals surface area contributed by atoms with E-state index in [2.05, 4.69) is 22.0 Å². The van der Waals surface area contributed by atoms with Crippen LogP contribution in [0.3, 0.4) is 0 Å². The van der Waals surface area contributed by atoms with E-state index >= 15 is 0 Å². The van der Waals surface area contributed by atoms with Crippen molar-refractivity contribution in [3.05, 3.63) is 76.0 Å². The first-order valence-corrected chi connectivity index (χ1v) is 14.8. The van der Waals surface area contributed by atoms with Crippen LogP contribution in [-0.2, 0) is 28.7 Å². The van der Waals surface area contributed by atoms with Crippen LogP contribution in [-0.4, -0.2) is 77.8 Å². The second kappa shape index (κ2) is 13.1. The number of nitrogens with one attached hydrogen (secondary N) is 1. The van der Waals surface area contributed by atoms with Crippen molar-refractivity contribution in [2.24, 2.45) is 10.7 Å². The number of aromatic nitrogens is 1. The normalized spacial score (nSPS) is 22.5. The van der Waals surface area contributed by atoms with Crippen LogP contribution >= 0.6 is 0 Å². The molecule has 238 valence electrons. The summed E-state index contributed by atoms with van der Waals surface area (Å²) in [7, 11) is 0. The number of rotatable bonds is 7. The van der Waals surface area contributed by atoms with Crippen molar-refractivity contribution in [3.8, 4) is 0 Å². The molecule has 9 nitrogen and oxygen atoms in total. The Bertz CT molecular complexity index is 1440. The number of allylic oxidation sites excluding steroid dienone is 1. The molecule has 2 atom stereocenters. The van der Waals surface area contributed by atoms with Gasteiger partial charge in [0.05, 0.1) is 12.2 Å². The maximum Gasteiger partial charge on any atom is 0.416 e. The fourth-order valence-corrected chi connectivity index (χ4v) is 5.88. The van der Waals surface area contributed by atoms with Gasteiger partial charge in [0.2, 0.25) is 0 Å². The van der Waals surface area contributed by atoms with Gasteiger partial charge < -0.3 is 30.1 Å². The van der Waals surface area contributed by atoms with Crippen molar-refractivity contribution in [2.45, 2.75) is 70.5 Å². The standard InChI is InChI=1S/C31H38F4N6O3/c1-18-14-27(39-44-18)29(36)38-28(30(42)40-11-7-24(8-12-40)37-26-9-13-43-17-25(26)32)19(2)20(3)41-10-6-21-15-23(31(33,34)35)5-4-22(21)16-41/h4-5,14-15,24-26,37H,3,6-13,16-17H2,1-2H3,(H2,36,38)/b28-19-/t25-,26+/m0/s1.